The maximum Gasteiger partial charge on any atom is 0.124 e. The van der Waals surface area contributed by atoms with Gasteiger partial charge >= 0.3 is 0 Å². The Morgan fingerprint density at radius 2 is 2.11 bits per heavy atom. The Labute approximate surface area is 133 Å². The number of hydrogen-bond acceptors (Lipinski definition) is 2. The van der Waals surface area contributed by atoms with E-state index < -0.39 is 0 Å². The SMILES string of the molecule is CCNC(Cc1cc(F)cc(Br)c1)c1sccc1Br. The van der Waals surface area contributed by atoms with Crippen LogP contribution in [0.2, 0.25) is 0 Å². The van der Waals surface area contributed by atoms with Crippen molar-refractivity contribution in [3.05, 3.63) is 54.8 Å². The number of likely N-dealkylation sites (N-methyl/N-ethyl adjacent to an activating group) is 1. The molecule has 0 fully saturated rings. The highest BCUT2D eigenvalue weighted by molar-refractivity contribution is 9.10. The topological polar surface area (TPSA) is 12.0 Å². The summed E-state index contributed by atoms with van der Waals surface area (Å²) in [4.78, 5) is 1.25. The molecule has 0 aliphatic carbocycles. The minimum Gasteiger partial charge on any atom is -0.309 e. The third kappa shape index (κ3) is 4.12. The van der Waals surface area contributed by atoms with Crippen LogP contribution in [0.25, 0.3) is 0 Å². The van der Waals surface area contributed by atoms with Gasteiger partial charge in [0.15, 0.2) is 0 Å². The van der Waals surface area contributed by atoms with E-state index in [2.05, 4.69) is 49.5 Å². The first-order valence-electron chi connectivity index (χ1n) is 6.01. The van der Waals surface area contributed by atoms with E-state index in [1.807, 2.05) is 12.1 Å². The second-order valence-corrected chi connectivity index (χ2v) is 6.94. The first-order valence-corrected chi connectivity index (χ1v) is 8.48. The summed E-state index contributed by atoms with van der Waals surface area (Å²) in [5, 5.41) is 5.52. The van der Waals surface area contributed by atoms with Gasteiger partial charge in [-0.25, -0.2) is 4.39 Å². The molecule has 0 bridgehead atoms. The maximum atomic E-state index is 13.4. The predicted octanol–water partition coefficient (Wildman–Crippen LogP) is 5.31. The fourth-order valence-corrected chi connectivity index (χ4v) is 4.26. The van der Waals surface area contributed by atoms with E-state index in [-0.39, 0.29) is 11.9 Å². The summed E-state index contributed by atoms with van der Waals surface area (Å²) in [5.41, 5.74) is 0.984. The molecule has 0 saturated carbocycles. The lowest BCUT2D eigenvalue weighted by Gasteiger charge is -2.17. The molecule has 0 aliphatic heterocycles. The second-order valence-electron chi connectivity index (χ2n) is 4.22. The number of thiophene rings is 1. The van der Waals surface area contributed by atoms with Gasteiger partial charge in [0.05, 0.1) is 0 Å². The second kappa shape index (κ2) is 6.97. The summed E-state index contributed by atoms with van der Waals surface area (Å²) in [6.07, 6.45) is 0.767. The van der Waals surface area contributed by atoms with Crippen LogP contribution in [0, 0.1) is 5.82 Å². The largest absolute Gasteiger partial charge is 0.309 e. The molecule has 5 heteroatoms. The molecule has 1 unspecified atom stereocenters. The Hall–Kier alpha value is -0.230. The lowest BCUT2D eigenvalue weighted by molar-refractivity contribution is 0.553. The van der Waals surface area contributed by atoms with Crippen molar-refractivity contribution in [3.8, 4) is 0 Å². The molecule has 1 heterocycles. The van der Waals surface area contributed by atoms with Gasteiger partial charge in [0, 0.05) is 19.9 Å². The van der Waals surface area contributed by atoms with Gasteiger partial charge in [-0.15, -0.1) is 11.3 Å². The molecule has 0 spiro atoms. The molecule has 19 heavy (non-hydrogen) atoms. The Morgan fingerprint density at radius 1 is 1.32 bits per heavy atom. The molecular formula is C14H14Br2FNS. The lowest BCUT2D eigenvalue weighted by Crippen LogP contribution is -2.22. The standard InChI is InChI=1S/C14H14Br2FNS/c1-2-18-13(14-12(16)3-4-19-14)7-9-5-10(15)8-11(17)6-9/h3-6,8,13,18H,2,7H2,1H3. The van der Waals surface area contributed by atoms with Gasteiger partial charge in [0.1, 0.15) is 5.82 Å². The Kier molecular flexibility index (Phi) is 5.57. The number of benzene rings is 1. The zero-order chi connectivity index (χ0) is 13.8. The number of rotatable bonds is 5. The summed E-state index contributed by atoms with van der Waals surface area (Å²) < 4.78 is 15.3. The summed E-state index contributed by atoms with van der Waals surface area (Å²) >= 11 is 8.61. The fourth-order valence-electron chi connectivity index (χ4n) is 2.02. The normalized spacial score (nSPS) is 12.6. The number of halogens is 3. The van der Waals surface area contributed by atoms with Crippen molar-refractivity contribution >= 4 is 43.2 Å². The van der Waals surface area contributed by atoms with Crippen molar-refractivity contribution in [2.75, 3.05) is 6.54 Å². The highest BCUT2D eigenvalue weighted by Crippen LogP contribution is 2.31. The molecule has 1 atom stereocenters. The average Bonchev–Trinajstić information content (AvgIpc) is 2.73. The minimum atomic E-state index is -0.204. The Morgan fingerprint density at radius 3 is 2.68 bits per heavy atom. The van der Waals surface area contributed by atoms with Crippen molar-refractivity contribution in [1.82, 2.24) is 5.32 Å². The monoisotopic (exact) mass is 405 g/mol. The van der Waals surface area contributed by atoms with Crippen molar-refractivity contribution in [3.63, 3.8) is 0 Å². The van der Waals surface area contributed by atoms with E-state index in [0.29, 0.717) is 0 Å². The highest BCUT2D eigenvalue weighted by Gasteiger charge is 2.16. The maximum absolute atomic E-state index is 13.4. The third-order valence-electron chi connectivity index (χ3n) is 2.77. The minimum absolute atomic E-state index is 0.202. The van der Waals surface area contributed by atoms with E-state index in [1.54, 1.807) is 17.4 Å². The van der Waals surface area contributed by atoms with Gasteiger partial charge in [-0.1, -0.05) is 22.9 Å². The molecule has 0 saturated heterocycles. The molecular weight excluding hydrogens is 393 g/mol. The number of nitrogens with one attached hydrogen (secondary N) is 1. The third-order valence-corrected chi connectivity index (χ3v) is 5.22. The Balaban J connectivity index is 2.23. The molecule has 102 valence electrons. The van der Waals surface area contributed by atoms with E-state index in [4.69, 9.17) is 0 Å². The van der Waals surface area contributed by atoms with Crippen LogP contribution in [0.15, 0.2) is 38.6 Å². The van der Waals surface area contributed by atoms with Crippen LogP contribution >= 0.6 is 43.2 Å². The van der Waals surface area contributed by atoms with Crippen LogP contribution in [0.1, 0.15) is 23.4 Å². The smallest absolute Gasteiger partial charge is 0.124 e. The van der Waals surface area contributed by atoms with Crippen molar-refractivity contribution < 1.29 is 4.39 Å². The van der Waals surface area contributed by atoms with E-state index in [1.165, 1.54) is 10.9 Å². The van der Waals surface area contributed by atoms with Gasteiger partial charge < -0.3 is 5.32 Å². The van der Waals surface area contributed by atoms with Crippen LogP contribution in [0.5, 0.6) is 0 Å². The van der Waals surface area contributed by atoms with Gasteiger partial charge in [0.2, 0.25) is 0 Å². The van der Waals surface area contributed by atoms with Gasteiger partial charge in [-0.2, -0.15) is 0 Å². The molecule has 0 amide bonds. The lowest BCUT2D eigenvalue weighted by atomic mass is 10.0. The van der Waals surface area contributed by atoms with Crippen molar-refractivity contribution in [2.45, 2.75) is 19.4 Å². The molecule has 1 aromatic heterocycles. The molecule has 1 aromatic carbocycles. The Bertz CT molecular complexity index is 536. The molecule has 0 radical (unpaired) electrons. The van der Waals surface area contributed by atoms with Crippen LogP contribution in [0.3, 0.4) is 0 Å². The first-order chi connectivity index (χ1) is 9.10. The molecule has 2 aromatic rings. The van der Waals surface area contributed by atoms with Crippen molar-refractivity contribution in [1.29, 1.82) is 0 Å². The predicted molar refractivity (Wildman–Crippen MR) is 86.2 cm³/mol. The molecule has 1 N–H and O–H groups in total. The average molecular weight is 407 g/mol. The van der Waals surface area contributed by atoms with E-state index in [0.717, 1.165) is 27.5 Å². The van der Waals surface area contributed by atoms with Crippen LogP contribution in [-0.4, -0.2) is 6.54 Å². The van der Waals surface area contributed by atoms with Crippen LogP contribution in [0.4, 0.5) is 4.39 Å². The van der Waals surface area contributed by atoms with Crippen molar-refractivity contribution in [2.24, 2.45) is 0 Å². The van der Waals surface area contributed by atoms with E-state index >= 15 is 0 Å². The summed E-state index contributed by atoms with van der Waals surface area (Å²) in [6, 6.07) is 7.29. The molecule has 0 aliphatic rings. The summed E-state index contributed by atoms with van der Waals surface area (Å²) in [5.74, 6) is -0.204. The molecule has 1 nitrogen and oxygen atoms in total. The molecule has 2 rings (SSSR count). The van der Waals surface area contributed by atoms with Gasteiger partial charge in [-0.3, -0.25) is 0 Å². The first kappa shape index (κ1) is 15.2. The quantitative estimate of drug-likeness (QED) is 0.709. The van der Waals surface area contributed by atoms with Gasteiger partial charge in [-0.05, 0) is 64.1 Å². The zero-order valence-electron chi connectivity index (χ0n) is 10.4. The van der Waals surface area contributed by atoms with Crippen LogP contribution in [-0.2, 0) is 6.42 Å². The summed E-state index contributed by atoms with van der Waals surface area (Å²) in [7, 11) is 0. The summed E-state index contributed by atoms with van der Waals surface area (Å²) in [6.45, 7) is 2.96. The van der Waals surface area contributed by atoms with Crippen LogP contribution < -0.4 is 5.32 Å². The van der Waals surface area contributed by atoms with Gasteiger partial charge in [0.25, 0.3) is 0 Å². The highest BCUT2D eigenvalue weighted by atomic mass is 79.9. The number of hydrogen-bond donors (Lipinski definition) is 1. The van der Waals surface area contributed by atoms with E-state index in [9.17, 15) is 4.39 Å². The fraction of sp³-hybridized carbons (Fsp3) is 0.286. The zero-order valence-corrected chi connectivity index (χ0v) is 14.4.